The largest absolute Gasteiger partial charge is 0.480 e. The highest BCUT2D eigenvalue weighted by Gasteiger charge is 2.18. The molecule has 0 radical (unpaired) electrons. The van der Waals surface area contributed by atoms with E-state index in [1.165, 1.54) is 11.3 Å². The molecular weight excluding hydrogens is 274 g/mol. The second-order valence-corrected chi connectivity index (χ2v) is 5.41. The average Bonchev–Trinajstić information content (AvgIpc) is 2.72. The summed E-state index contributed by atoms with van der Waals surface area (Å²) < 4.78 is 0. The number of halogens is 1. The van der Waals surface area contributed by atoms with Crippen LogP contribution in [0.3, 0.4) is 0 Å². The van der Waals surface area contributed by atoms with Crippen molar-refractivity contribution >= 4 is 34.8 Å². The Balaban J connectivity index is 2.38. The van der Waals surface area contributed by atoms with Crippen molar-refractivity contribution in [3.63, 3.8) is 0 Å². The lowest BCUT2D eigenvalue weighted by Crippen LogP contribution is -2.40. The molecular formula is C12H16ClNO3S. The van der Waals surface area contributed by atoms with E-state index in [1.54, 1.807) is 0 Å². The predicted octanol–water partition coefficient (Wildman–Crippen LogP) is 2.70. The molecule has 0 aliphatic heterocycles. The van der Waals surface area contributed by atoms with E-state index in [1.807, 2.05) is 18.4 Å². The standard InChI is InChI=1S/C12H16ClNO3S/c1-2-3-10(12(16)17)14-11(15)5-4-9-6-8(13)7-18-9/h6-7,10H,2-5H2,1H3,(H,14,15)(H,16,17). The third kappa shape index (κ3) is 5.06. The molecule has 0 fully saturated rings. The van der Waals surface area contributed by atoms with Crippen LogP contribution in [0, 0.1) is 0 Å². The molecule has 1 amide bonds. The first-order valence-corrected chi connectivity index (χ1v) is 7.03. The molecule has 1 rings (SSSR count). The van der Waals surface area contributed by atoms with Crippen molar-refractivity contribution in [1.82, 2.24) is 5.32 Å². The van der Waals surface area contributed by atoms with E-state index in [9.17, 15) is 9.59 Å². The van der Waals surface area contributed by atoms with Crippen LogP contribution < -0.4 is 5.32 Å². The van der Waals surface area contributed by atoms with Gasteiger partial charge in [0.15, 0.2) is 0 Å². The first kappa shape index (κ1) is 15.0. The number of carboxylic acids is 1. The SMILES string of the molecule is CCCC(NC(=O)CCc1cc(Cl)cs1)C(=O)O. The Morgan fingerprint density at radius 1 is 1.56 bits per heavy atom. The molecule has 0 saturated carbocycles. The zero-order valence-corrected chi connectivity index (χ0v) is 11.7. The third-order valence-electron chi connectivity index (χ3n) is 2.43. The van der Waals surface area contributed by atoms with E-state index in [0.717, 1.165) is 11.3 Å². The number of hydrogen-bond acceptors (Lipinski definition) is 3. The van der Waals surface area contributed by atoms with Crippen LogP contribution in [0.1, 0.15) is 31.1 Å². The fourth-order valence-electron chi connectivity index (χ4n) is 1.53. The van der Waals surface area contributed by atoms with Crippen molar-refractivity contribution in [1.29, 1.82) is 0 Å². The molecule has 0 aliphatic carbocycles. The minimum atomic E-state index is -0.982. The molecule has 2 N–H and O–H groups in total. The van der Waals surface area contributed by atoms with Crippen molar-refractivity contribution in [2.45, 2.75) is 38.6 Å². The molecule has 1 aromatic heterocycles. The number of carbonyl (C=O) groups excluding carboxylic acids is 1. The Labute approximate surface area is 115 Å². The monoisotopic (exact) mass is 289 g/mol. The Hall–Kier alpha value is -1.07. The number of hydrogen-bond donors (Lipinski definition) is 2. The van der Waals surface area contributed by atoms with Crippen molar-refractivity contribution in [3.8, 4) is 0 Å². The summed E-state index contributed by atoms with van der Waals surface area (Å²) in [5.74, 6) is -1.22. The van der Waals surface area contributed by atoms with Gasteiger partial charge >= 0.3 is 5.97 Å². The molecule has 4 nitrogen and oxygen atoms in total. The van der Waals surface area contributed by atoms with E-state index >= 15 is 0 Å². The topological polar surface area (TPSA) is 66.4 Å². The van der Waals surface area contributed by atoms with Gasteiger partial charge in [-0.25, -0.2) is 4.79 Å². The number of carboxylic acid groups (broad SMARTS) is 1. The van der Waals surface area contributed by atoms with E-state index in [-0.39, 0.29) is 12.3 Å². The van der Waals surface area contributed by atoms with Gasteiger partial charge in [0.05, 0.1) is 5.02 Å². The molecule has 1 aromatic rings. The van der Waals surface area contributed by atoms with E-state index in [2.05, 4.69) is 5.32 Å². The molecule has 0 aliphatic rings. The molecule has 18 heavy (non-hydrogen) atoms. The summed E-state index contributed by atoms with van der Waals surface area (Å²) >= 11 is 7.27. The van der Waals surface area contributed by atoms with E-state index in [0.29, 0.717) is 17.9 Å². The highest BCUT2D eigenvalue weighted by Crippen LogP contribution is 2.20. The highest BCUT2D eigenvalue weighted by atomic mass is 35.5. The predicted molar refractivity (Wildman–Crippen MR) is 72.1 cm³/mol. The minimum absolute atomic E-state index is 0.236. The summed E-state index contributed by atoms with van der Waals surface area (Å²) in [6.45, 7) is 1.88. The van der Waals surface area contributed by atoms with Crippen LogP contribution in [0.2, 0.25) is 5.02 Å². The number of thiophene rings is 1. The number of aryl methyl sites for hydroxylation is 1. The molecule has 0 spiro atoms. The lowest BCUT2D eigenvalue weighted by atomic mass is 10.1. The normalized spacial score (nSPS) is 12.1. The number of amides is 1. The van der Waals surface area contributed by atoms with Gasteiger partial charge in [-0.2, -0.15) is 0 Å². The van der Waals surface area contributed by atoms with Crippen molar-refractivity contribution in [3.05, 3.63) is 21.3 Å². The van der Waals surface area contributed by atoms with Gasteiger partial charge in [-0.15, -0.1) is 11.3 Å². The van der Waals surface area contributed by atoms with Crippen molar-refractivity contribution in [2.24, 2.45) is 0 Å². The quantitative estimate of drug-likeness (QED) is 0.811. The lowest BCUT2D eigenvalue weighted by molar-refractivity contribution is -0.142. The summed E-state index contributed by atoms with van der Waals surface area (Å²) in [6, 6.07) is 1.04. The zero-order valence-electron chi connectivity index (χ0n) is 10.1. The maximum absolute atomic E-state index is 11.6. The van der Waals surface area contributed by atoms with Crippen molar-refractivity contribution in [2.75, 3.05) is 0 Å². The highest BCUT2D eigenvalue weighted by molar-refractivity contribution is 7.10. The van der Waals surface area contributed by atoms with Gasteiger partial charge in [-0.1, -0.05) is 24.9 Å². The summed E-state index contributed by atoms with van der Waals surface area (Å²) in [6.07, 6.45) is 2.04. The number of rotatable bonds is 7. The molecule has 0 saturated heterocycles. The molecule has 0 bridgehead atoms. The lowest BCUT2D eigenvalue weighted by Gasteiger charge is -2.13. The smallest absolute Gasteiger partial charge is 0.326 e. The second-order valence-electron chi connectivity index (χ2n) is 3.98. The van der Waals surface area contributed by atoms with Crippen LogP contribution in [-0.2, 0) is 16.0 Å². The minimum Gasteiger partial charge on any atom is -0.480 e. The van der Waals surface area contributed by atoms with Crippen LogP contribution in [0.15, 0.2) is 11.4 Å². The van der Waals surface area contributed by atoms with Gasteiger partial charge in [0, 0.05) is 16.7 Å². The number of aliphatic carboxylic acids is 1. The Morgan fingerprint density at radius 3 is 2.78 bits per heavy atom. The maximum atomic E-state index is 11.6. The molecule has 0 aromatic carbocycles. The van der Waals surface area contributed by atoms with Crippen LogP contribution >= 0.6 is 22.9 Å². The molecule has 1 heterocycles. The van der Waals surface area contributed by atoms with Crippen LogP contribution in [0.4, 0.5) is 0 Å². The summed E-state index contributed by atoms with van der Waals surface area (Å²) in [5, 5.41) is 13.9. The molecule has 100 valence electrons. The van der Waals surface area contributed by atoms with Gasteiger partial charge in [-0.05, 0) is 18.9 Å². The fraction of sp³-hybridized carbons (Fsp3) is 0.500. The van der Waals surface area contributed by atoms with E-state index < -0.39 is 12.0 Å². The van der Waals surface area contributed by atoms with E-state index in [4.69, 9.17) is 16.7 Å². The van der Waals surface area contributed by atoms with Crippen LogP contribution in [-0.4, -0.2) is 23.0 Å². The van der Waals surface area contributed by atoms with Gasteiger partial charge in [-0.3, -0.25) is 4.79 Å². The summed E-state index contributed by atoms with van der Waals surface area (Å²) in [7, 11) is 0. The first-order chi connectivity index (χ1) is 8.52. The Kier molecular flexibility index (Phi) is 6.15. The van der Waals surface area contributed by atoms with Gasteiger partial charge in [0.2, 0.25) is 5.91 Å². The molecule has 1 atom stereocenters. The molecule has 6 heteroatoms. The van der Waals surface area contributed by atoms with Crippen LogP contribution in [0.5, 0.6) is 0 Å². The Bertz CT molecular complexity index is 419. The van der Waals surface area contributed by atoms with Crippen molar-refractivity contribution < 1.29 is 14.7 Å². The van der Waals surface area contributed by atoms with Gasteiger partial charge in [0.1, 0.15) is 6.04 Å². The Morgan fingerprint density at radius 2 is 2.28 bits per heavy atom. The first-order valence-electron chi connectivity index (χ1n) is 5.78. The third-order valence-corrected chi connectivity index (χ3v) is 3.78. The maximum Gasteiger partial charge on any atom is 0.326 e. The van der Waals surface area contributed by atoms with Crippen LogP contribution in [0.25, 0.3) is 0 Å². The number of nitrogens with one attached hydrogen (secondary N) is 1. The summed E-state index contributed by atoms with van der Waals surface area (Å²) in [4.78, 5) is 23.5. The zero-order chi connectivity index (χ0) is 13.5. The fourth-order valence-corrected chi connectivity index (χ4v) is 2.61. The number of carbonyl (C=O) groups is 2. The average molecular weight is 290 g/mol. The molecule has 1 unspecified atom stereocenters. The van der Waals surface area contributed by atoms with Gasteiger partial charge in [0.25, 0.3) is 0 Å². The second kappa shape index (κ2) is 7.38. The summed E-state index contributed by atoms with van der Waals surface area (Å²) in [5.41, 5.74) is 0. The van der Waals surface area contributed by atoms with Gasteiger partial charge < -0.3 is 10.4 Å².